The van der Waals surface area contributed by atoms with Crippen molar-refractivity contribution in [3.8, 4) is 11.5 Å². The fourth-order valence-corrected chi connectivity index (χ4v) is 1.61. The van der Waals surface area contributed by atoms with Crippen LogP contribution >= 0.6 is 0 Å². The van der Waals surface area contributed by atoms with Gasteiger partial charge in [0.1, 0.15) is 18.1 Å². The Balaban J connectivity index is 1.85. The van der Waals surface area contributed by atoms with Gasteiger partial charge in [-0.1, -0.05) is 18.2 Å². The van der Waals surface area contributed by atoms with E-state index in [1.807, 2.05) is 12.1 Å². The average Bonchev–Trinajstić information content (AvgIpc) is 2.46. The van der Waals surface area contributed by atoms with E-state index in [0.717, 1.165) is 11.3 Å². The van der Waals surface area contributed by atoms with E-state index in [1.165, 1.54) is 12.1 Å². The van der Waals surface area contributed by atoms with Gasteiger partial charge in [0.2, 0.25) is 0 Å². The summed E-state index contributed by atoms with van der Waals surface area (Å²) in [5.74, 6) is 0.830. The number of hydrogen-bond acceptors (Lipinski definition) is 4. The van der Waals surface area contributed by atoms with Crippen LogP contribution < -0.4 is 10.1 Å². The normalized spacial score (nSPS) is 9.85. The number of nitrogens with one attached hydrogen (secondary N) is 1. The molecule has 5 heteroatoms. The summed E-state index contributed by atoms with van der Waals surface area (Å²) in [7, 11) is 1.59. The molecule has 0 unspecified atom stereocenters. The highest BCUT2D eigenvalue weighted by Crippen LogP contribution is 2.16. The first-order valence-corrected chi connectivity index (χ1v) is 6.03. The lowest BCUT2D eigenvalue weighted by atomic mass is 10.2. The number of rotatable bonds is 4. The standard InChI is InChI=1S/C15H15NO4/c1-19-14-7-5-11(6-8-14)10-20-15(18)16-12-3-2-4-13(17)9-12/h2-9,17H,10H2,1H3,(H,16,18). The molecule has 0 fully saturated rings. The zero-order chi connectivity index (χ0) is 14.4. The molecule has 0 aliphatic carbocycles. The largest absolute Gasteiger partial charge is 0.508 e. The monoisotopic (exact) mass is 273 g/mol. The summed E-state index contributed by atoms with van der Waals surface area (Å²) < 4.78 is 10.1. The third kappa shape index (κ3) is 3.91. The molecule has 2 aromatic carbocycles. The van der Waals surface area contributed by atoms with Gasteiger partial charge < -0.3 is 14.6 Å². The number of amides is 1. The number of phenols is 1. The van der Waals surface area contributed by atoms with Crippen molar-refractivity contribution < 1.29 is 19.4 Å². The first-order chi connectivity index (χ1) is 9.67. The Morgan fingerprint density at radius 2 is 1.95 bits per heavy atom. The molecule has 0 saturated heterocycles. The van der Waals surface area contributed by atoms with Crippen LogP contribution in [0.4, 0.5) is 10.5 Å². The van der Waals surface area contributed by atoms with E-state index in [1.54, 1.807) is 31.4 Å². The Bertz CT molecular complexity index is 581. The lowest BCUT2D eigenvalue weighted by molar-refractivity contribution is 0.155. The van der Waals surface area contributed by atoms with Crippen LogP contribution in [0.15, 0.2) is 48.5 Å². The van der Waals surface area contributed by atoms with Crippen molar-refractivity contribution >= 4 is 11.8 Å². The SMILES string of the molecule is COc1ccc(COC(=O)Nc2cccc(O)c2)cc1. The average molecular weight is 273 g/mol. The topological polar surface area (TPSA) is 67.8 Å². The van der Waals surface area contributed by atoms with E-state index in [2.05, 4.69) is 5.32 Å². The highest BCUT2D eigenvalue weighted by molar-refractivity contribution is 5.84. The quantitative estimate of drug-likeness (QED) is 0.898. The molecule has 2 rings (SSSR count). The molecular weight excluding hydrogens is 258 g/mol. The second kappa shape index (κ2) is 6.47. The van der Waals surface area contributed by atoms with Crippen molar-refractivity contribution in [2.24, 2.45) is 0 Å². The van der Waals surface area contributed by atoms with E-state index in [4.69, 9.17) is 9.47 Å². The molecule has 5 nitrogen and oxygen atoms in total. The molecule has 1 amide bonds. The molecule has 0 atom stereocenters. The number of ether oxygens (including phenoxy) is 2. The van der Waals surface area contributed by atoms with Gasteiger partial charge in [0.25, 0.3) is 0 Å². The minimum absolute atomic E-state index is 0.0814. The molecule has 0 aromatic heterocycles. The van der Waals surface area contributed by atoms with Gasteiger partial charge in [-0.05, 0) is 29.8 Å². The molecule has 20 heavy (non-hydrogen) atoms. The fourth-order valence-electron chi connectivity index (χ4n) is 1.61. The second-order valence-electron chi connectivity index (χ2n) is 4.10. The predicted molar refractivity (Wildman–Crippen MR) is 74.9 cm³/mol. The van der Waals surface area contributed by atoms with Gasteiger partial charge in [0.05, 0.1) is 7.11 Å². The number of carbonyl (C=O) groups is 1. The number of hydrogen-bond donors (Lipinski definition) is 2. The van der Waals surface area contributed by atoms with Crippen molar-refractivity contribution in [2.45, 2.75) is 6.61 Å². The van der Waals surface area contributed by atoms with Crippen molar-refractivity contribution in [3.63, 3.8) is 0 Å². The summed E-state index contributed by atoms with van der Waals surface area (Å²) in [4.78, 5) is 11.6. The van der Waals surface area contributed by atoms with Crippen LogP contribution in [0.1, 0.15) is 5.56 Å². The highest BCUT2D eigenvalue weighted by atomic mass is 16.5. The summed E-state index contributed by atoms with van der Waals surface area (Å²) in [5, 5.41) is 11.8. The van der Waals surface area contributed by atoms with Gasteiger partial charge in [-0.25, -0.2) is 4.79 Å². The summed E-state index contributed by atoms with van der Waals surface area (Å²) in [5.41, 5.74) is 1.33. The summed E-state index contributed by atoms with van der Waals surface area (Å²) >= 11 is 0. The van der Waals surface area contributed by atoms with Gasteiger partial charge in [0, 0.05) is 11.8 Å². The van der Waals surface area contributed by atoms with Crippen LogP contribution in [0.3, 0.4) is 0 Å². The molecule has 2 N–H and O–H groups in total. The number of phenolic OH excluding ortho intramolecular Hbond substituents is 1. The van der Waals surface area contributed by atoms with E-state index < -0.39 is 6.09 Å². The maximum atomic E-state index is 11.6. The Hall–Kier alpha value is -2.69. The van der Waals surface area contributed by atoms with E-state index >= 15 is 0 Å². The van der Waals surface area contributed by atoms with Crippen LogP contribution in [0, 0.1) is 0 Å². The molecule has 2 aromatic rings. The van der Waals surface area contributed by atoms with Gasteiger partial charge in [-0.15, -0.1) is 0 Å². The number of methoxy groups -OCH3 is 1. The van der Waals surface area contributed by atoms with E-state index in [9.17, 15) is 9.90 Å². The fraction of sp³-hybridized carbons (Fsp3) is 0.133. The van der Waals surface area contributed by atoms with Crippen LogP contribution in [-0.4, -0.2) is 18.3 Å². The maximum Gasteiger partial charge on any atom is 0.411 e. The smallest absolute Gasteiger partial charge is 0.411 e. The summed E-state index contributed by atoms with van der Waals surface area (Å²) in [6.45, 7) is 0.161. The Labute approximate surface area is 116 Å². The van der Waals surface area contributed by atoms with Gasteiger partial charge in [-0.3, -0.25) is 5.32 Å². The Kier molecular flexibility index (Phi) is 4.44. The molecule has 0 spiro atoms. The van der Waals surface area contributed by atoms with Gasteiger partial charge in [0.15, 0.2) is 0 Å². The van der Waals surface area contributed by atoms with Crippen molar-refractivity contribution in [2.75, 3.05) is 12.4 Å². The van der Waals surface area contributed by atoms with E-state index in [0.29, 0.717) is 5.69 Å². The minimum Gasteiger partial charge on any atom is -0.508 e. The maximum absolute atomic E-state index is 11.6. The van der Waals surface area contributed by atoms with Crippen LogP contribution in [-0.2, 0) is 11.3 Å². The molecule has 0 aliphatic heterocycles. The number of aromatic hydroxyl groups is 1. The number of carbonyl (C=O) groups excluding carboxylic acids is 1. The minimum atomic E-state index is -0.577. The van der Waals surface area contributed by atoms with Crippen molar-refractivity contribution in [3.05, 3.63) is 54.1 Å². The van der Waals surface area contributed by atoms with Crippen LogP contribution in [0.25, 0.3) is 0 Å². The van der Waals surface area contributed by atoms with Crippen LogP contribution in [0.2, 0.25) is 0 Å². The lowest BCUT2D eigenvalue weighted by Gasteiger charge is -2.07. The Morgan fingerprint density at radius 3 is 2.60 bits per heavy atom. The van der Waals surface area contributed by atoms with Crippen LogP contribution in [0.5, 0.6) is 11.5 Å². The predicted octanol–water partition coefficient (Wildman–Crippen LogP) is 3.15. The van der Waals surface area contributed by atoms with Crippen molar-refractivity contribution in [1.82, 2.24) is 0 Å². The highest BCUT2D eigenvalue weighted by Gasteiger charge is 2.04. The van der Waals surface area contributed by atoms with Gasteiger partial charge >= 0.3 is 6.09 Å². The zero-order valence-corrected chi connectivity index (χ0v) is 11.0. The number of benzene rings is 2. The third-order valence-electron chi connectivity index (χ3n) is 2.62. The zero-order valence-electron chi connectivity index (χ0n) is 11.0. The van der Waals surface area contributed by atoms with Crippen molar-refractivity contribution in [1.29, 1.82) is 0 Å². The second-order valence-corrected chi connectivity index (χ2v) is 4.10. The molecule has 0 radical (unpaired) electrons. The molecule has 104 valence electrons. The summed E-state index contributed by atoms with van der Waals surface area (Å²) in [6.07, 6.45) is -0.577. The molecule has 0 saturated carbocycles. The lowest BCUT2D eigenvalue weighted by Crippen LogP contribution is -2.13. The number of anilines is 1. The van der Waals surface area contributed by atoms with Gasteiger partial charge in [-0.2, -0.15) is 0 Å². The first kappa shape index (κ1) is 13.7. The first-order valence-electron chi connectivity index (χ1n) is 6.03. The molecule has 0 bridgehead atoms. The third-order valence-corrected chi connectivity index (χ3v) is 2.62. The summed E-state index contributed by atoms with van der Waals surface area (Å²) in [6, 6.07) is 13.5. The molecule has 0 aliphatic rings. The molecule has 0 heterocycles. The Morgan fingerprint density at radius 1 is 1.20 bits per heavy atom. The van der Waals surface area contributed by atoms with E-state index in [-0.39, 0.29) is 12.4 Å². The molecular formula is C15H15NO4.